The van der Waals surface area contributed by atoms with Gasteiger partial charge in [0.1, 0.15) is 10.7 Å². The van der Waals surface area contributed by atoms with E-state index in [1.165, 1.54) is 17.4 Å². The summed E-state index contributed by atoms with van der Waals surface area (Å²) in [4.78, 5) is 3.92. The van der Waals surface area contributed by atoms with E-state index in [1.807, 2.05) is 0 Å². The third-order valence-electron chi connectivity index (χ3n) is 2.40. The second kappa shape index (κ2) is 6.22. The minimum atomic E-state index is -3.89. The van der Waals surface area contributed by atoms with Crippen LogP contribution in [0, 0.1) is 24.6 Å². The highest BCUT2D eigenvalue weighted by Crippen LogP contribution is 2.22. The van der Waals surface area contributed by atoms with E-state index < -0.39 is 15.8 Å². The van der Waals surface area contributed by atoms with Crippen LogP contribution in [0.1, 0.15) is 11.3 Å². The van der Waals surface area contributed by atoms with Crippen molar-refractivity contribution in [1.82, 2.24) is 4.98 Å². The molecule has 0 bridgehead atoms. The van der Waals surface area contributed by atoms with Gasteiger partial charge in [0.15, 0.2) is 5.13 Å². The highest BCUT2D eigenvalue weighted by Gasteiger charge is 2.19. The second-order valence-corrected chi connectivity index (χ2v) is 6.55. The maximum absolute atomic E-state index is 13.3. The van der Waals surface area contributed by atoms with Crippen molar-refractivity contribution in [2.45, 2.75) is 11.8 Å². The topological polar surface area (TPSA) is 85.1 Å². The Morgan fingerprint density at radius 2 is 2.24 bits per heavy atom. The maximum atomic E-state index is 13.3. The molecule has 0 aliphatic heterocycles. The Morgan fingerprint density at radius 3 is 2.86 bits per heavy atom. The van der Waals surface area contributed by atoms with E-state index in [1.54, 1.807) is 12.3 Å². The van der Waals surface area contributed by atoms with Crippen molar-refractivity contribution in [2.75, 3.05) is 11.3 Å². The molecular weight excluding hydrogens is 313 g/mol. The molecule has 0 fully saturated rings. The van der Waals surface area contributed by atoms with Gasteiger partial charge in [0.2, 0.25) is 0 Å². The molecule has 1 aromatic carbocycles. The van der Waals surface area contributed by atoms with Gasteiger partial charge in [-0.3, -0.25) is 4.72 Å². The Morgan fingerprint density at radius 1 is 1.48 bits per heavy atom. The number of rotatable bonds is 3. The number of thiazole rings is 1. The molecule has 1 aromatic heterocycles. The van der Waals surface area contributed by atoms with E-state index in [9.17, 15) is 12.8 Å². The summed E-state index contributed by atoms with van der Waals surface area (Å²) in [5.41, 5.74) is 6.02. The van der Waals surface area contributed by atoms with Crippen LogP contribution in [0.3, 0.4) is 0 Å². The first-order valence-electron chi connectivity index (χ1n) is 5.86. The van der Waals surface area contributed by atoms with E-state index >= 15 is 0 Å². The number of anilines is 1. The van der Waals surface area contributed by atoms with Crippen LogP contribution >= 0.6 is 11.3 Å². The van der Waals surface area contributed by atoms with E-state index in [0.717, 1.165) is 12.1 Å². The number of nitrogens with zero attached hydrogens (tertiary/aromatic N) is 1. The molecule has 21 heavy (non-hydrogen) atoms. The molecule has 0 saturated heterocycles. The molecule has 2 aromatic rings. The fraction of sp³-hybridized carbons (Fsp3) is 0.154. The van der Waals surface area contributed by atoms with Gasteiger partial charge in [0, 0.05) is 10.9 Å². The smallest absolute Gasteiger partial charge is 0.264 e. The van der Waals surface area contributed by atoms with E-state index in [2.05, 4.69) is 21.5 Å². The average molecular weight is 325 g/mol. The molecular formula is C13H12FN3O2S2. The summed E-state index contributed by atoms with van der Waals surface area (Å²) < 4.78 is 40.3. The van der Waals surface area contributed by atoms with Crippen LogP contribution in [0.5, 0.6) is 0 Å². The maximum Gasteiger partial charge on any atom is 0.264 e. The summed E-state index contributed by atoms with van der Waals surface area (Å²) in [6, 6.07) is 3.29. The highest BCUT2D eigenvalue weighted by atomic mass is 32.2. The number of aryl methyl sites for hydroxylation is 1. The molecule has 0 spiro atoms. The lowest BCUT2D eigenvalue weighted by Gasteiger charge is -2.07. The normalized spacial score (nSPS) is 10.8. The van der Waals surface area contributed by atoms with Crippen molar-refractivity contribution in [3.63, 3.8) is 0 Å². The zero-order valence-electron chi connectivity index (χ0n) is 11.1. The zero-order valence-corrected chi connectivity index (χ0v) is 12.7. The van der Waals surface area contributed by atoms with Crippen molar-refractivity contribution in [3.05, 3.63) is 40.7 Å². The quantitative estimate of drug-likeness (QED) is 0.841. The molecule has 110 valence electrons. The molecule has 0 aliphatic carbocycles. The van der Waals surface area contributed by atoms with Gasteiger partial charge in [-0.05, 0) is 25.1 Å². The van der Waals surface area contributed by atoms with Crippen LogP contribution in [0.15, 0.2) is 28.5 Å². The molecule has 0 aliphatic rings. The van der Waals surface area contributed by atoms with Gasteiger partial charge < -0.3 is 5.73 Å². The minimum absolute atomic E-state index is 0.0507. The van der Waals surface area contributed by atoms with Gasteiger partial charge in [-0.25, -0.2) is 17.8 Å². The average Bonchev–Trinajstić information content (AvgIpc) is 2.80. The van der Waals surface area contributed by atoms with E-state index in [0.29, 0.717) is 5.69 Å². The van der Waals surface area contributed by atoms with E-state index in [-0.39, 0.29) is 22.1 Å². The SMILES string of the molecule is Cc1csc(NS(=O)(=O)c2ccc(F)cc2C#CCN)n1. The molecule has 0 atom stereocenters. The second-order valence-electron chi connectivity index (χ2n) is 4.05. The van der Waals surface area contributed by atoms with Crippen molar-refractivity contribution in [2.24, 2.45) is 5.73 Å². The summed E-state index contributed by atoms with van der Waals surface area (Å²) in [5, 5.41) is 1.96. The molecule has 2 rings (SSSR count). The van der Waals surface area contributed by atoms with Crippen molar-refractivity contribution >= 4 is 26.5 Å². The van der Waals surface area contributed by atoms with Gasteiger partial charge in [0.25, 0.3) is 10.0 Å². The number of hydrogen-bond donors (Lipinski definition) is 2. The Kier molecular flexibility index (Phi) is 4.57. The molecule has 0 unspecified atom stereocenters. The van der Waals surface area contributed by atoms with Gasteiger partial charge in [0.05, 0.1) is 12.2 Å². The molecule has 3 N–H and O–H groups in total. The summed E-state index contributed by atoms with van der Waals surface area (Å²) in [5.74, 6) is 4.51. The van der Waals surface area contributed by atoms with Crippen LogP contribution in [-0.4, -0.2) is 19.9 Å². The first kappa shape index (κ1) is 15.4. The molecule has 0 radical (unpaired) electrons. The predicted molar refractivity (Wildman–Crippen MR) is 80.0 cm³/mol. The number of nitrogens with two attached hydrogens (primary N) is 1. The predicted octanol–water partition coefficient (Wildman–Crippen LogP) is 1.70. The van der Waals surface area contributed by atoms with Crippen molar-refractivity contribution in [3.8, 4) is 11.8 Å². The first-order chi connectivity index (χ1) is 9.92. The van der Waals surface area contributed by atoms with Crippen LogP contribution < -0.4 is 10.5 Å². The lowest BCUT2D eigenvalue weighted by atomic mass is 10.2. The van der Waals surface area contributed by atoms with Crippen molar-refractivity contribution in [1.29, 1.82) is 0 Å². The number of nitrogens with one attached hydrogen (secondary N) is 1. The van der Waals surface area contributed by atoms with Crippen molar-refractivity contribution < 1.29 is 12.8 Å². The molecule has 0 saturated carbocycles. The fourth-order valence-electron chi connectivity index (χ4n) is 1.55. The van der Waals surface area contributed by atoms with Gasteiger partial charge in [-0.15, -0.1) is 11.3 Å². The third kappa shape index (κ3) is 3.78. The standard InChI is InChI=1S/C13H12FN3O2S2/c1-9-8-20-13(16-9)17-21(18,19)12-5-4-11(14)7-10(12)3-2-6-15/h4-5,7-8H,6,15H2,1H3,(H,16,17). The van der Waals surface area contributed by atoms with Gasteiger partial charge in [-0.1, -0.05) is 11.8 Å². The molecule has 1 heterocycles. The fourth-order valence-corrected chi connectivity index (χ4v) is 3.64. The molecule has 8 heteroatoms. The van der Waals surface area contributed by atoms with Crippen LogP contribution in [-0.2, 0) is 10.0 Å². The number of halogens is 1. The lowest BCUT2D eigenvalue weighted by Crippen LogP contribution is -2.14. The minimum Gasteiger partial charge on any atom is -0.320 e. The first-order valence-corrected chi connectivity index (χ1v) is 8.22. The molecule has 0 amide bonds. The zero-order chi connectivity index (χ0) is 15.5. The van der Waals surface area contributed by atoms with Gasteiger partial charge in [-0.2, -0.15) is 0 Å². The number of benzene rings is 1. The number of sulfonamides is 1. The Bertz CT molecular complexity index is 819. The summed E-state index contributed by atoms with van der Waals surface area (Å²) in [6.45, 7) is 1.81. The number of aromatic nitrogens is 1. The third-order valence-corrected chi connectivity index (χ3v) is 4.80. The highest BCUT2D eigenvalue weighted by molar-refractivity contribution is 7.93. The van der Waals surface area contributed by atoms with Gasteiger partial charge >= 0.3 is 0 Å². The summed E-state index contributed by atoms with van der Waals surface area (Å²) in [7, 11) is -3.89. The van der Waals surface area contributed by atoms with Crippen LogP contribution in [0.2, 0.25) is 0 Å². The van der Waals surface area contributed by atoms with Crippen LogP contribution in [0.4, 0.5) is 9.52 Å². The molecule has 5 nitrogen and oxygen atoms in total. The van der Waals surface area contributed by atoms with Crippen LogP contribution in [0.25, 0.3) is 0 Å². The summed E-state index contributed by atoms with van der Waals surface area (Å²) >= 11 is 1.17. The van der Waals surface area contributed by atoms with E-state index in [4.69, 9.17) is 5.73 Å². The Labute approximate surface area is 126 Å². The Hall–Kier alpha value is -1.95. The number of hydrogen-bond acceptors (Lipinski definition) is 5. The Balaban J connectivity index is 2.44. The lowest BCUT2D eigenvalue weighted by molar-refractivity contribution is 0.599. The largest absolute Gasteiger partial charge is 0.320 e. The monoisotopic (exact) mass is 325 g/mol. The summed E-state index contributed by atoms with van der Waals surface area (Å²) in [6.07, 6.45) is 0.